The topological polar surface area (TPSA) is 70.2 Å². The van der Waals surface area contributed by atoms with Gasteiger partial charge < -0.3 is 19.9 Å². The molecule has 6 heteroatoms. The molecule has 1 aliphatic heterocycles. The van der Waals surface area contributed by atoms with Gasteiger partial charge in [-0.15, -0.1) is 0 Å². The van der Waals surface area contributed by atoms with Gasteiger partial charge in [-0.2, -0.15) is 0 Å². The van der Waals surface area contributed by atoms with E-state index in [9.17, 15) is 4.79 Å². The van der Waals surface area contributed by atoms with Gasteiger partial charge in [-0.25, -0.2) is 9.78 Å². The first-order valence-electron chi connectivity index (χ1n) is 7.36. The highest BCUT2D eigenvalue weighted by Gasteiger charge is 2.33. The summed E-state index contributed by atoms with van der Waals surface area (Å²) in [5.74, 6) is 1.58. The normalized spacial score (nSPS) is 17.0. The van der Waals surface area contributed by atoms with E-state index in [1.54, 1.807) is 13.3 Å². The van der Waals surface area contributed by atoms with E-state index in [-0.39, 0.29) is 12.1 Å². The molecule has 1 unspecified atom stereocenters. The van der Waals surface area contributed by atoms with Gasteiger partial charge in [-0.05, 0) is 31.0 Å². The van der Waals surface area contributed by atoms with Gasteiger partial charge in [0, 0.05) is 18.4 Å². The quantitative estimate of drug-likeness (QED) is 0.911. The molecule has 2 amide bonds. The maximum atomic E-state index is 12.3. The highest BCUT2D eigenvalue weighted by atomic mass is 16.5. The van der Waals surface area contributed by atoms with Crippen molar-refractivity contribution >= 4 is 6.03 Å². The van der Waals surface area contributed by atoms with Crippen molar-refractivity contribution in [2.75, 3.05) is 13.7 Å². The number of rotatable bonds is 4. The highest BCUT2D eigenvalue weighted by Crippen LogP contribution is 2.34. The number of urea groups is 1. The van der Waals surface area contributed by atoms with Gasteiger partial charge in [-0.3, -0.25) is 0 Å². The minimum Gasteiger partial charge on any atom is -0.497 e. The SMILES string of the molecule is COc1cccc(C2CCN2C(=O)NCc2ncc(C)[nH]2)c1. The predicted octanol–water partition coefficient (Wildman–Crippen LogP) is 2.38. The van der Waals surface area contributed by atoms with Crippen molar-refractivity contribution in [1.29, 1.82) is 0 Å². The fraction of sp³-hybridized carbons (Fsp3) is 0.375. The Kier molecular flexibility index (Phi) is 4.00. The summed E-state index contributed by atoms with van der Waals surface area (Å²) in [7, 11) is 1.65. The summed E-state index contributed by atoms with van der Waals surface area (Å²) in [5, 5.41) is 2.90. The van der Waals surface area contributed by atoms with Crippen LogP contribution in [0, 0.1) is 6.92 Å². The lowest BCUT2D eigenvalue weighted by molar-refractivity contribution is 0.114. The van der Waals surface area contributed by atoms with Crippen LogP contribution in [0.4, 0.5) is 4.79 Å². The van der Waals surface area contributed by atoms with Crippen LogP contribution in [0.1, 0.15) is 29.5 Å². The lowest BCUT2D eigenvalue weighted by atomic mass is 9.95. The van der Waals surface area contributed by atoms with Crippen molar-refractivity contribution in [1.82, 2.24) is 20.2 Å². The molecule has 1 fully saturated rings. The van der Waals surface area contributed by atoms with Crippen LogP contribution >= 0.6 is 0 Å². The monoisotopic (exact) mass is 300 g/mol. The van der Waals surface area contributed by atoms with E-state index in [0.717, 1.165) is 35.8 Å². The number of ether oxygens (including phenoxy) is 1. The number of aromatic nitrogens is 2. The number of nitrogens with zero attached hydrogens (tertiary/aromatic N) is 2. The second kappa shape index (κ2) is 6.09. The van der Waals surface area contributed by atoms with Gasteiger partial charge in [0.2, 0.25) is 0 Å². The molecule has 116 valence electrons. The molecule has 0 spiro atoms. The van der Waals surface area contributed by atoms with Gasteiger partial charge in [0.15, 0.2) is 0 Å². The number of likely N-dealkylation sites (tertiary alicyclic amines) is 1. The van der Waals surface area contributed by atoms with Crippen LogP contribution in [0.25, 0.3) is 0 Å². The number of imidazole rings is 1. The number of aryl methyl sites for hydroxylation is 1. The zero-order valence-corrected chi connectivity index (χ0v) is 12.8. The first-order valence-corrected chi connectivity index (χ1v) is 7.36. The van der Waals surface area contributed by atoms with Crippen molar-refractivity contribution in [3.63, 3.8) is 0 Å². The smallest absolute Gasteiger partial charge is 0.318 e. The van der Waals surface area contributed by atoms with Crippen molar-refractivity contribution in [3.05, 3.63) is 47.5 Å². The Hall–Kier alpha value is -2.50. The Bertz CT molecular complexity index is 668. The second-order valence-corrected chi connectivity index (χ2v) is 5.45. The molecular weight excluding hydrogens is 280 g/mol. The second-order valence-electron chi connectivity index (χ2n) is 5.45. The molecule has 0 aliphatic carbocycles. The molecule has 2 aromatic rings. The molecule has 22 heavy (non-hydrogen) atoms. The van der Waals surface area contributed by atoms with E-state index in [2.05, 4.69) is 15.3 Å². The van der Waals surface area contributed by atoms with E-state index < -0.39 is 0 Å². The molecule has 0 radical (unpaired) electrons. The number of benzene rings is 1. The van der Waals surface area contributed by atoms with Crippen LogP contribution in [0.15, 0.2) is 30.5 Å². The number of methoxy groups -OCH3 is 1. The molecule has 1 saturated heterocycles. The van der Waals surface area contributed by atoms with E-state index in [1.165, 1.54) is 0 Å². The molecule has 0 bridgehead atoms. The number of nitrogens with one attached hydrogen (secondary N) is 2. The number of hydrogen-bond acceptors (Lipinski definition) is 3. The summed E-state index contributed by atoms with van der Waals surface area (Å²) in [6, 6.07) is 7.93. The summed E-state index contributed by atoms with van der Waals surface area (Å²) >= 11 is 0. The van der Waals surface area contributed by atoms with Crippen LogP contribution < -0.4 is 10.1 Å². The third-order valence-electron chi connectivity index (χ3n) is 3.92. The molecule has 1 atom stereocenters. The average molecular weight is 300 g/mol. The predicted molar refractivity (Wildman–Crippen MR) is 82.6 cm³/mol. The number of H-pyrrole nitrogens is 1. The summed E-state index contributed by atoms with van der Waals surface area (Å²) in [6.07, 6.45) is 2.73. The summed E-state index contributed by atoms with van der Waals surface area (Å²) < 4.78 is 5.25. The number of amides is 2. The van der Waals surface area contributed by atoms with Gasteiger partial charge in [0.05, 0.1) is 19.7 Å². The number of carbonyl (C=O) groups is 1. The molecule has 0 saturated carbocycles. The first kappa shape index (κ1) is 14.4. The van der Waals surface area contributed by atoms with Gasteiger partial charge in [-0.1, -0.05) is 12.1 Å². The maximum absolute atomic E-state index is 12.3. The van der Waals surface area contributed by atoms with Crippen LogP contribution in [0.2, 0.25) is 0 Å². The third-order valence-corrected chi connectivity index (χ3v) is 3.92. The molecule has 6 nitrogen and oxygen atoms in total. The van der Waals surface area contributed by atoms with E-state index in [1.807, 2.05) is 36.1 Å². The number of aromatic amines is 1. The minimum absolute atomic E-state index is 0.0619. The number of carbonyl (C=O) groups excluding carboxylic acids is 1. The molecule has 2 N–H and O–H groups in total. The molecular formula is C16H20N4O2. The van der Waals surface area contributed by atoms with Crippen LogP contribution in [0.5, 0.6) is 5.75 Å². The summed E-state index contributed by atoms with van der Waals surface area (Å²) in [5.41, 5.74) is 2.09. The van der Waals surface area contributed by atoms with E-state index >= 15 is 0 Å². The Morgan fingerprint density at radius 3 is 3.05 bits per heavy atom. The Labute approximate surface area is 129 Å². The van der Waals surface area contributed by atoms with Crippen molar-refractivity contribution < 1.29 is 9.53 Å². The fourth-order valence-corrected chi connectivity index (χ4v) is 2.64. The maximum Gasteiger partial charge on any atom is 0.318 e. The molecule has 1 aromatic carbocycles. The zero-order valence-electron chi connectivity index (χ0n) is 12.8. The molecule has 2 heterocycles. The van der Waals surface area contributed by atoms with E-state index in [4.69, 9.17) is 4.74 Å². The first-order chi connectivity index (χ1) is 10.7. The number of hydrogen-bond donors (Lipinski definition) is 2. The lowest BCUT2D eigenvalue weighted by Gasteiger charge is -2.41. The van der Waals surface area contributed by atoms with Crippen molar-refractivity contribution in [2.24, 2.45) is 0 Å². The summed E-state index contributed by atoms with van der Waals surface area (Å²) in [6.45, 7) is 3.12. The Balaban J connectivity index is 1.61. The fourth-order valence-electron chi connectivity index (χ4n) is 2.64. The van der Waals surface area contributed by atoms with Gasteiger partial charge >= 0.3 is 6.03 Å². The Morgan fingerprint density at radius 2 is 2.41 bits per heavy atom. The summed E-state index contributed by atoms with van der Waals surface area (Å²) in [4.78, 5) is 21.4. The Morgan fingerprint density at radius 1 is 1.55 bits per heavy atom. The van der Waals surface area contributed by atoms with Crippen LogP contribution in [-0.2, 0) is 6.54 Å². The van der Waals surface area contributed by atoms with Crippen molar-refractivity contribution in [3.8, 4) is 5.75 Å². The highest BCUT2D eigenvalue weighted by molar-refractivity contribution is 5.75. The molecule has 1 aliphatic rings. The molecule has 3 rings (SSSR count). The zero-order chi connectivity index (χ0) is 15.5. The standard InChI is InChI=1S/C16H20N4O2/c1-11-9-17-15(19-11)10-18-16(21)20-7-6-14(20)12-4-3-5-13(8-12)22-2/h3-5,8-9,14H,6-7,10H2,1-2H3,(H,17,19)(H,18,21). The lowest BCUT2D eigenvalue weighted by Crippen LogP contribution is -2.49. The molecule has 1 aromatic heterocycles. The van der Waals surface area contributed by atoms with Crippen LogP contribution in [0.3, 0.4) is 0 Å². The largest absolute Gasteiger partial charge is 0.497 e. The average Bonchev–Trinajstić information content (AvgIpc) is 2.90. The minimum atomic E-state index is -0.0619. The van der Waals surface area contributed by atoms with Gasteiger partial charge in [0.25, 0.3) is 0 Å². The van der Waals surface area contributed by atoms with Gasteiger partial charge in [0.1, 0.15) is 11.6 Å². The van der Waals surface area contributed by atoms with Crippen LogP contribution in [-0.4, -0.2) is 34.6 Å². The van der Waals surface area contributed by atoms with Crippen molar-refractivity contribution in [2.45, 2.75) is 25.9 Å². The van der Waals surface area contributed by atoms with E-state index in [0.29, 0.717) is 6.54 Å². The third kappa shape index (κ3) is 2.90.